The number of phenols is 1. The van der Waals surface area contributed by atoms with E-state index in [1.54, 1.807) is 6.07 Å². The average molecular weight is 427 g/mol. The number of carbonyl (C=O) groups excluding carboxylic acids is 3. The van der Waals surface area contributed by atoms with Gasteiger partial charge in [-0.15, -0.1) is 0 Å². The fourth-order valence-corrected chi connectivity index (χ4v) is 5.32. The van der Waals surface area contributed by atoms with E-state index >= 15 is 0 Å². The van der Waals surface area contributed by atoms with Gasteiger partial charge in [-0.05, 0) is 48.3 Å². The van der Waals surface area contributed by atoms with Gasteiger partial charge in [-0.1, -0.05) is 19.9 Å². The molecule has 6 N–H and O–H groups in total. The Morgan fingerprint density at radius 3 is 2.48 bits per heavy atom. The summed E-state index contributed by atoms with van der Waals surface area (Å²) in [6, 6.07) is 3.26. The number of hydrogen-bond donors (Lipinski definition) is 5. The van der Waals surface area contributed by atoms with Gasteiger partial charge < -0.3 is 26.2 Å². The minimum Gasteiger partial charge on any atom is -0.508 e. The first-order chi connectivity index (χ1) is 14.5. The predicted molar refractivity (Wildman–Crippen MR) is 110 cm³/mol. The van der Waals surface area contributed by atoms with Crippen molar-refractivity contribution in [3.05, 3.63) is 45.7 Å². The topological polar surface area (TPSA) is 158 Å². The molecule has 1 saturated carbocycles. The van der Waals surface area contributed by atoms with Crippen molar-refractivity contribution in [3.63, 3.8) is 0 Å². The van der Waals surface area contributed by atoms with Gasteiger partial charge in [-0.2, -0.15) is 0 Å². The molecule has 3 aliphatic carbocycles. The van der Waals surface area contributed by atoms with Crippen LogP contribution in [0.3, 0.4) is 0 Å². The van der Waals surface area contributed by atoms with Gasteiger partial charge in [0.25, 0.3) is 5.91 Å². The van der Waals surface area contributed by atoms with E-state index in [1.807, 2.05) is 13.8 Å². The van der Waals surface area contributed by atoms with E-state index in [-0.39, 0.29) is 29.7 Å². The standard InChI is InChI=1S/C23H25NO7/c1-9(2)5-10-3-4-14(25)17-13(10)7-11-6-12-8-15(26)18(22(24)30)21(29)23(12,31)20(28)16(11)19(17)27/h3-4,9,11-12,25,27,29,31H,5-8H2,1-2H3,(H2,24,30). The van der Waals surface area contributed by atoms with Crippen molar-refractivity contribution in [2.75, 3.05) is 0 Å². The van der Waals surface area contributed by atoms with Gasteiger partial charge in [0.2, 0.25) is 5.78 Å². The van der Waals surface area contributed by atoms with Gasteiger partial charge >= 0.3 is 0 Å². The van der Waals surface area contributed by atoms with Crippen LogP contribution in [-0.2, 0) is 27.2 Å². The third-order valence-corrected chi connectivity index (χ3v) is 6.67. The molecule has 8 heteroatoms. The summed E-state index contributed by atoms with van der Waals surface area (Å²) < 4.78 is 0. The molecule has 3 aliphatic rings. The predicted octanol–water partition coefficient (Wildman–Crippen LogP) is 1.62. The summed E-state index contributed by atoms with van der Waals surface area (Å²) in [5.41, 5.74) is 3.57. The summed E-state index contributed by atoms with van der Waals surface area (Å²) in [5.74, 6) is -5.77. The number of nitrogens with two attached hydrogens (primary N) is 1. The van der Waals surface area contributed by atoms with Crippen molar-refractivity contribution in [2.45, 2.75) is 45.1 Å². The number of fused-ring (bicyclic) bond motifs is 3. The highest BCUT2D eigenvalue weighted by atomic mass is 16.3. The van der Waals surface area contributed by atoms with E-state index in [1.165, 1.54) is 6.07 Å². The Labute approximate surface area is 178 Å². The molecule has 0 saturated heterocycles. The molecule has 1 aromatic carbocycles. The lowest BCUT2D eigenvalue weighted by Gasteiger charge is -2.46. The number of hydrogen-bond acceptors (Lipinski definition) is 7. The van der Waals surface area contributed by atoms with Crippen molar-refractivity contribution in [3.8, 4) is 5.75 Å². The molecule has 0 bridgehead atoms. The molecule has 3 unspecified atom stereocenters. The van der Waals surface area contributed by atoms with Crippen LogP contribution in [0.25, 0.3) is 5.76 Å². The van der Waals surface area contributed by atoms with Gasteiger partial charge in [-0.3, -0.25) is 14.4 Å². The summed E-state index contributed by atoms with van der Waals surface area (Å²) in [5, 5.41) is 43.2. The van der Waals surface area contributed by atoms with Crippen LogP contribution >= 0.6 is 0 Å². The molecule has 1 aromatic rings. The zero-order valence-electron chi connectivity index (χ0n) is 17.3. The molecule has 4 rings (SSSR count). The molecule has 0 heterocycles. The van der Waals surface area contributed by atoms with E-state index in [0.717, 1.165) is 11.1 Å². The van der Waals surface area contributed by atoms with Gasteiger partial charge in [0.1, 0.15) is 22.8 Å². The van der Waals surface area contributed by atoms with E-state index in [4.69, 9.17) is 5.73 Å². The number of amides is 1. The Bertz CT molecular complexity index is 1100. The Balaban J connectivity index is 1.91. The van der Waals surface area contributed by atoms with Gasteiger partial charge in [0.05, 0.1) is 5.56 Å². The Kier molecular flexibility index (Phi) is 4.73. The second kappa shape index (κ2) is 6.95. The molecule has 3 atom stereocenters. The first-order valence-electron chi connectivity index (χ1n) is 10.3. The quantitative estimate of drug-likeness (QED) is 0.459. The minimum absolute atomic E-state index is 0.118. The maximum atomic E-state index is 13.4. The smallest absolute Gasteiger partial charge is 0.255 e. The van der Waals surface area contributed by atoms with E-state index in [0.29, 0.717) is 18.8 Å². The summed E-state index contributed by atoms with van der Waals surface area (Å²) in [6.45, 7) is 4.10. The first-order valence-corrected chi connectivity index (χ1v) is 10.3. The van der Waals surface area contributed by atoms with Crippen molar-refractivity contribution in [1.82, 2.24) is 0 Å². The molecule has 1 amide bonds. The second-order valence-corrected chi connectivity index (χ2v) is 9.10. The number of benzene rings is 1. The highest BCUT2D eigenvalue weighted by Gasteiger charge is 2.60. The van der Waals surface area contributed by atoms with Crippen LogP contribution in [0.4, 0.5) is 0 Å². The van der Waals surface area contributed by atoms with Crippen molar-refractivity contribution >= 4 is 23.2 Å². The lowest BCUT2D eigenvalue weighted by Crippen LogP contribution is -2.58. The van der Waals surface area contributed by atoms with Crippen LogP contribution < -0.4 is 5.73 Å². The Hall–Kier alpha value is -3.13. The minimum atomic E-state index is -2.53. The Morgan fingerprint density at radius 1 is 1.19 bits per heavy atom. The van der Waals surface area contributed by atoms with Crippen molar-refractivity contribution in [1.29, 1.82) is 0 Å². The van der Waals surface area contributed by atoms with Crippen LogP contribution in [0.5, 0.6) is 5.75 Å². The fraction of sp³-hybridized carbons (Fsp3) is 0.435. The highest BCUT2D eigenvalue weighted by Crippen LogP contribution is 2.52. The Morgan fingerprint density at radius 2 is 1.87 bits per heavy atom. The van der Waals surface area contributed by atoms with Gasteiger partial charge in [0, 0.05) is 17.9 Å². The van der Waals surface area contributed by atoms with Gasteiger partial charge in [0.15, 0.2) is 11.4 Å². The summed E-state index contributed by atoms with van der Waals surface area (Å²) in [6.07, 6.45) is 0.870. The number of Topliss-reactive ketones (excluding diaryl/α,β-unsaturated/α-hetero) is 2. The number of rotatable bonds is 3. The molecule has 8 nitrogen and oxygen atoms in total. The van der Waals surface area contributed by atoms with Crippen LogP contribution in [0.1, 0.15) is 43.4 Å². The molecular formula is C23H25NO7. The molecule has 0 aliphatic heterocycles. The number of carbonyl (C=O) groups is 3. The van der Waals surface area contributed by atoms with Crippen LogP contribution in [-0.4, -0.2) is 43.5 Å². The summed E-state index contributed by atoms with van der Waals surface area (Å²) >= 11 is 0. The van der Waals surface area contributed by atoms with E-state index < -0.39 is 52.0 Å². The molecule has 0 radical (unpaired) electrons. The van der Waals surface area contributed by atoms with Crippen molar-refractivity contribution < 1.29 is 34.8 Å². The third kappa shape index (κ3) is 2.89. The zero-order valence-corrected chi connectivity index (χ0v) is 17.3. The van der Waals surface area contributed by atoms with Crippen molar-refractivity contribution in [2.24, 2.45) is 23.5 Å². The van der Waals surface area contributed by atoms with Crippen LogP contribution in [0.15, 0.2) is 29.0 Å². The average Bonchev–Trinajstić information content (AvgIpc) is 2.66. The molecule has 1 fully saturated rings. The largest absolute Gasteiger partial charge is 0.508 e. The van der Waals surface area contributed by atoms with E-state index in [2.05, 4.69) is 0 Å². The third-order valence-electron chi connectivity index (χ3n) is 6.67. The number of phenolic OH excluding ortho intramolecular Hbond substituents is 1. The molecule has 31 heavy (non-hydrogen) atoms. The number of aliphatic hydroxyl groups excluding tert-OH is 2. The van der Waals surface area contributed by atoms with E-state index in [9.17, 15) is 34.8 Å². The molecule has 0 spiro atoms. The summed E-state index contributed by atoms with van der Waals surface area (Å²) in [7, 11) is 0. The van der Waals surface area contributed by atoms with Crippen LogP contribution in [0.2, 0.25) is 0 Å². The first kappa shape index (κ1) is 21.1. The monoisotopic (exact) mass is 427 g/mol. The molecule has 164 valence electrons. The number of primary amides is 1. The summed E-state index contributed by atoms with van der Waals surface area (Å²) in [4.78, 5) is 37.4. The lowest BCUT2D eigenvalue weighted by molar-refractivity contribution is -0.147. The molecule has 0 aromatic heterocycles. The lowest BCUT2D eigenvalue weighted by atomic mass is 9.59. The van der Waals surface area contributed by atoms with Gasteiger partial charge in [-0.25, -0.2) is 0 Å². The number of aliphatic hydroxyl groups is 3. The second-order valence-electron chi connectivity index (χ2n) is 9.10. The maximum Gasteiger partial charge on any atom is 0.255 e. The normalized spacial score (nSPS) is 27.9. The SMILES string of the molecule is CC(C)Cc1ccc(O)c2c1CC1CC3CC(=O)C(C(N)=O)=C(O)C3(O)C(=O)C1=C2O. The fourth-order valence-electron chi connectivity index (χ4n) is 5.32. The zero-order chi connectivity index (χ0) is 22.8. The maximum absolute atomic E-state index is 13.4. The highest BCUT2D eigenvalue weighted by molar-refractivity contribution is 6.22. The number of ketones is 2. The van der Waals surface area contributed by atoms with Crippen LogP contribution in [0, 0.1) is 17.8 Å². The molecular weight excluding hydrogens is 402 g/mol. The number of aromatic hydroxyl groups is 1.